The summed E-state index contributed by atoms with van der Waals surface area (Å²) < 4.78 is 0. The Balaban J connectivity index is 1.22. The van der Waals surface area contributed by atoms with Crippen LogP contribution in [0.25, 0.3) is 38.8 Å². The van der Waals surface area contributed by atoms with E-state index in [1.54, 1.807) is 5.57 Å². The van der Waals surface area contributed by atoms with Crippen LogP contribution in [-0.4, -0.2) is 0 Å². The third-order valence-electron chi connectivity index (χ3n) is 15.1. The van der Waals surface area contributed by atoms with Gasteiger partial charge in [0.1, 0.15) is 0 Å². The monoisotopic (exact) mass is 763 g/mol. The van der Waals surface area contributed by atoms with Crippen molar-refractivity contribution in [2.75, 3.05) is 0 Å². The van der Waals surface area contributed by atoms with Gasteiger partial charge in [-0.15, -0.1) is 0 Å². The van der Waals surface area contributed by atoms with E-state index in [1.165, 1.54) is 65.0 Å². The Morgan fingerprint density at radius 1 is 0.655 bits per heavy atom. The molecule has 0 heterocycles. The predicted octanol–water partition coefficient (Wildman–Crippen LogP) is 13.2. The zero-order chi connectivity index (χ0) is 40.7. The summed E-state index contributed by atoms with van der Waals surface area (Å²) in [6, 6.07) is 24.0. The second-order valence-corrected chi connectivity index (χ2v) is 21.8. The Labute approximate surface area is 349 Å². The smallest absolute Gasteiger partial charge is 0.0134 e. The van der Waals surface area contributed by atoms with E-state index in [1.807, 2.05) is 0 Å². The highest BCUT2D eigenvalue weighted by molar-refractivity contribution is 6.15. The van der Waals surface area contributed by atoms with Crippen molar-refractivity contribution in [2.24, 2.45) is 57.7 Å². The maximum Gasteiger partial charge on any atom is 0.0134 e. The van der Waals surface area contributed by atoms with E-state index in [4.69, 9.17) is 0 Å². The second-order valence-electron chi connectivity index (χ2n) is 21.8. The molecule has 0 aromatic heterocycles. The summed E-state index contributed by atoms with van der Waals surface area (Å²) in [6.45, 7) is 24.0. The number of benzene rings is 4. The molecule has 7 atom stereocenters. The molecule has 0 saturated heterocycles. The first kappa shape index (κ1) is 39.1. The van der Waals surface area contributed by atoms with Crippen molar-refractivity contribution in [1.82, 2.24) is 0 Å². The summed E-state index contributed by atoms with van der Waals surface area (Å²) >= 11 is 0. The molecule has 298 valence electrons. The van der Waals surface area contributed by atoms with Gasteiger partial charge in [-0.3, -0.25) is 0 Å². The van der Waals surface area contributed by atoms with Gasteiger partial charge in [0.15, 0.2) is 0 Å². The van der Waals surface area contributed by atoms with E-state index < -0.39 is 0 Å². The maximum atomic E-state index is 2.59. The molecule has 0 amide bonds. The fourth-order valence-electron chi connectivity index (χ4n) is 11.4. The minimum Gasteiger partial charge on any atom is -0.0807 e. The van der Waals surface area contributed by atoms with Gasteiger partial charge in [0, 0.05) is 11.8 Å². The van der Waals surface area contributed by atoms with Crippen molar-refractivity contribution < 1.29 is 0 Å². The first-order chi connectivity index (χ1) is 27.6. The Kier molecular flexibility index (Phi) is 9.69. The number of fused-ring (bicyclic) bond motifs is 2. The summed E-state index contributed by atoms with van der Waals surface area (Å²) in [5, 5.41) is 9.98. The number of hydrogen-bond donors (Lipinski definition) is 0. The molecule has 0 bridgehead atoms. The van der Waals surface area contributed by atoms with E-state index in [0.717, 1.165) is 25.7 Å². The molecule has 0 saturated carbocycles. The van der Waals surface area contributed by atoms with Crippen LogP contribution in [-0.2, 0) is 6.42 Å². The Morgan fingerprint density at radius 3 is 2.05 bits per heavy atom. The van der Waals surface area contributed by atoms with Gasteiger partial charge in [-0.1, -0.05) is 208 Å². The topological polar surface area (TPSA) is 0 Å². The molecule has 5 aliphatic rings. The molecule has 0 radical (unpaired) electrons. The number of hydrogen-bond acceptors (Lipinski definition) is 0. The predicted molar refractivity (Wildman–Crippen MR) is 251 cm³/mol. The van der Waals surface area contributed by atoms with Crippen LogP contribution < -0.4 is 15.7 Å². The van der Waals surface area contributed by atoms with Crippen LogP contribution >= 0.6 is 0 Å². The normalized spacial score (nSPS) is 25.3. The number of rotatable bonds is 6. The average molecular weight is 763 g/mol. The zero-order valence-electron chi connectivity index (χ0n) is 37.0. The van der Waals surface area contributed by atoms with Crippen molar-refractivity contribution in [3.8, 4) is 0 Å². The van der Waals surface area contributed by atoms with Crippen molar-refractivity contribution in [3.05, 3.63) is 159 Å². The lowest BCUT2D eigenvalue weighted by Crippen LogP contribution is -2.43. The molecule has 0 aliphatic heterocycles. The van der Waals surface area contributed by atoms with Crippen molar-refractivity contribution in [3.63, 3.8) is 0 Å². The summed E-state index contributed by atoms with van der Waals surface area (Å²) in [5.41, 5.74) is 9.71. The van der Waals surface area contributed by atoms with Crippen LogP contribution in [0.1, 0.15) is 99.6 Å². The van der Waals surface area contributed by atoms with E-state index in [0.29, 0.717) is 35.5 Å². The third kappa shape index (κ3) is 6.87. The molecule has 0 N–H and O–H groups in total. The van der Waals surface area contributed by atoms with E-state index >= 15 is 0 Å². The van der Waals surface area contributed by atoms with E-state index in [9.17, 15) is 0 Å². The molecule has 4 aromatic rings. The van der Waals surface area contributed by atoms with Gasteiger partial charge in [-0.05, 0) is 131 Å². The third-order valence-corrected chi connectivity index (χ3v) is 15.1. The van der Waals surface area contributed by atoms with Crippen LogP contribution in [0.3, 0.4) is 0 Å². The van der Waals surface area contributed by atoms with E-state index in [2.05, 4.69) is 197 Å². The van der Waals surface area contributed by atoms with Gasteiger partial charge in [-0.2, -0.15) is 0 Å². The fourth-order valence-corrected chi connectivity index (χ4v) is 11.4. The molecule has 0 nitrogen and oxygen atoms in total. The van der Waals surface area contributed by atoms with Gasteiger partial charge in [0.2, 0.25) is 0 Å². The van der Waals surface area contributed by atoms with Crippen molar-refractivity contribution in [2.45, 2.75) is 94.9 Å². The Hall–Kier alpha value is -4.42. The van der Waals surface area contributed by atoms with Crippen LogP contribution in [0.15, 0.2) is 133 Å². The highest BCUT2D eigenvalue weighted by Gasteiger charge is 2.39. The largest absolute Gasteiger partial charge is 0.0807 e. The lowest BCUT2D eigenvalue weighted by Gasteiger charge is -2.41. The Bertz CT molecular complexity index is 2660. The molecule has 0 fully saturated rings. The molecule has 9 rings (SSSR count). The molecule has 7 unspecified atom stereocenters. The summed E-state index contributed by atoms with van der Waals surface area (Å²) in [4.78, 5) is 0. The summed E-state index contributed by atoms with van der Waals surface area (Å²) in [7, 11) is 0. The zero-order valence-corrected chi connectivity index (χ0v) is 37.0. The van der Waals surface area contributed by atoms with Gasteiger partial charge in [0.05, 0.1) is 0 Å². The van der Waals surface area contributed by atoms with Crippen molar-refractivity contribution >= 4 is 38.8 Å². The van der Waals surface area contributed by atoms with Gasteiger partial charge < -0.3 is 0 Å². The van der Waals surface area contributed by atoms with Gasteiger partial charge in [-0.25, -0.2) is 0 Å². The molecule has 4 aromatic carbocycles. The fraction of sp³-hybridized carbons (Fsp3) is 0.414. The molecule has 0 spiro atoms. The Morgan fingerprint density at radius 2 is 1.38 bits per heavy atom. The molecule has 5 aliphatic carbocycles. The lowest BCUT2D eigenvalue weighted by atomic mass is 9.63. The molecule has 0 heteroatoms. The lowest BCUT2D eigenvalue weighted by molar-refractivity contribution is 0.289. The van der Waals surface area contributed by atoms with Gasteiger partial charge in [0.25, 0.3) is 0 Å². The standard InChI is InChI=1S/C58H66/c1-36(51(38-23-29-43(30-24-38)57(5,6)7)33-37-19-27-42(28-20-37)56(2,3)4)52-45-15-11-13-17-47(45)55(48-18-14-12-16-46(48)52)50-31-25-39-21-22-40-34-44(58(8,9)10)35-41-26-32-49(50)54(39)53(40)41/h11-23,25-27,29-32,34,36,38,42,44-45,47,51H,24,28,33,35H2,1-10H3. The van der Waals surface area contributed by atoms with Crippen LogP contribution in [0.5, 0.6) is 0 Å². The van der Waals surface area contributed by atoms with Crippen LogP contribution in [0, 0.1) is 57.7 Å². The van der Waals surface area contributed by atoms with Crippen LogP contribution in [0.2, 0.25) is 0 Å². The number of allylic oxidation sites excluding steroid dienone is 12. The highest BCUT2D eigenvalue weighted by Crippen LogP contribution is 2.48. The van der Waals surface area contributed by atoms with Crippen LogP contribution in [0.4, 0.5) is 0 Å². The van der Waals surface area contributed by atoms with Gasteiger partial charge >= 0.3 is 0 Å². The average Bonchev–Trinajstić information content (AvgIpc) is 3.20. The summed E-state index contributed by atoms with van der Waals surface area (Å²) in [5.74, 6) is 3.08. The van der Waals surface area contributed by atoms with Crippen molar-refractivity contribution in [1.29, 1.82) is 0 Å². The molecule has 58 heavy (non-hydrogen) atoms. The minimum absolute atomic E-state index is 0.165. The first-order valence-electron chi connectivity index (χ1n) is 22.5. The highest BCUT2D eigenvalue weighted by atomic mass is 14.4. The molecular formula is C58H66. The van der Waals surface area contributed by atoms with E-state index in [-0.39, 0.29) is 22.2 Å². The summed E-state index contributed by atoms with van der Waals surface area (Å²) in [6.07, 6.45) is 32.0. The quantitative estimate of drug-likeness (QED) is 0.184. The SMILES string of the molecule is CC(C1=c2ccccc2=C(c2ccc3ccc4c5c(ccc2c35)CC(C(C)(C)C)C=4)C2C=CC=CC12)C(CC1=CCC(C(C)(C)C)C=C1)C1C=CC(C(C)(C)C)=CC1. The second kappa shape index (κ2) is 14.4. The minimum atomic E-state index is 0.165. The molecular weight excluding hydrogens is 697 g/mol. The first-order valence-corrected chi connectivity index (χ1v) is 22.5. The maximum absolute atomic E-state index is 2.59.